The van der Waals surface area contributed by atoms with Gasteiger partial charge in [0.1, 0.15) is 5.84 Å². The Labute approximate surface area is 147 Å². The van der Waals surface area contributed by atoms with Crippen LogP contribution in [0.1, 0.15) is 11.1 Å². The van der Waals surface area contributed by atoms with Crippen molar-refractivity contribution in [2.75, 3.05) is 13.2 Å². The maximum absolute atomic E-state index is 11.1. The molecule has 1 aliphatic heterocycles. The number of nitro benzene ring substituents is 1. The summed E-state index contributed by atoms with van der Waals surface area (Å²) >= 11 is 6.28. The average molecular weight is 358 g/mol. The summed E-state index contributed by atoms with van der Waals surface area (Å²) in [5.74, 6) is 0.441. The summed E-state index contributed by atoms with van der Waals surface area (Å²) in [6.45, 7) is 0.0245. The van der Waals surface area contributed by atoms with Crippen LogP contribution in [0.3, 0.4) is 0 Å². The van der Waals surface area contributed by atoms with Crippen LogP contribution in [-0.4, -0.2) is 29.7 Å². The lowest BCUT2D eigenvalue weighted by atomic mass is 10.00. The molecule has 0 saturated carbocycles. The van der Waals surface area contributed by atoms with E-state index in [4.69, 9.17) is 11.6 Å². The second kappa shape index (κ2) is 7.18. The number of hydrogen-bond donors (Lipinski definition) is 1. The number of nitrogens with zero attached hydrogens (tertiary/aromatic N) is 4. The van der Waals surface area contributed by atoms with Crippen molar-refractivity contribution < 1.29 is 4.92 Å². The quantitative estimate of drug-likeness (QED) is 0.513. The number of benzene rings is 2. The maximum Gasteiger partial charge on any atom is 0.270 e. The molecule has 0 unspecified atom stereocenters. The summed E-state index contributed by atoms with van der Waals surface area (Å²) in [5, 5.41) is 17.1. The molecule has 0 amide bonds. The number of amidine groups is 1. The number of fused-ring (bicyclic) bond motifs is 1. The highest BCUT2D eigenvalue weighted by molar-refractivity contribution is 6.36. The molecule has 0 radical (unpaired) electrons. The Hall–Kier alpha value is -3.13. The van der Waals surface area contributed by atoms with Crippen molar-refractivity contribution in [1.29, 1.82) is 0 Å². The summed E-state index contributed by atoms with van der Waals surface area (Å²) in [5.41, 5.74) is 2.08. The molecule has 8 nitrogen and oxygen atoms in total. The predicted octanol–water partition coefficient (Wildman–Crippen LogP) is 3.44. The lowest BCUT2D eigenvalue weighted by Gasteiger charge is -2.09. The van der Waals surface area contributed by atoms with E-state index in [9.17, 15) is 15.0 Å². The molecule has 3 rings (SSSR count). The predicted molar refractivity (Wildman–Crippen MR) is 95.9 cm³/mol. The number of aliphatic imine (C=N–C) groups is 2. The molecule has 1 heterocycles. The number of nitro groups is 1. The van der Waals surface area contributed by atoms with E-state index in [0.29, 0.717) is 33.4 Å². The van der Waals surface area contributed by atoms with Gasteiger partial charge in [0, 0.05) is 28.3 Å². The van der Waals surface area contributed by atoms with Gasteiger partial charge in [-0.15, -0.1) is 4.91 Å². The third kappa shape index (κ3) is 3.53. The van der Waals surface area contributed by atoms with Gasteiger partial charge in [-0.05, 0) is 17.3 Å². The van der Waals surface area contributed by atoms with Gasteiger partial charge in [-0.25, -0.2) is 4.99 Å². The molecule has 0 aliphatic carbocycles. The largest absolute Gasteiger partial charge is 0.350 e. The Morgan fingerprint density at radius 1 is 1.24 bits per heavy atom. The highest BCUT2D eigenvalue weighted by Gasteiger charge is 2.21. The number of nitrogens with one attached hydrogen (secondary N) is 1. The number of rotatable bonds is 4. The molecule has 9 heteroatoms. The average Bonchev–Trinajstić information content (AvgIpc) is 2.79. The van der Waals surface area contributed by atoms with Crippen LogP contribution < -0.4 is 5.32 Å². The minimum Gasteiger partial charge on any atom is -0.350 e. The third-order valence-corrected chi connectivity index (χ3v) is 3.89. The Balaban J connectivity index is 2.17. The van der Waals surface area contributed by atoms with Crippen molar-refractivity contribution in [3.63, 3.8) is 0 Å². The van der Waals surface area contributed by atoms with Crippen LogP contribution in [0, 0.1) is 15.0 Å². The van der Waals surface area contributed by atoms with Gasteiger partial charge in [-0.1, -0.05) is 29.8 Å². The second-order valence-electron chi connectivity index (χ2n) is 5.13. The monoisotopic (exact) mass is 357 g/mol. The molecule has 0 aromatic heterocycles. The normalized spacial score (nSPS) is 13.2. The van der Waals surface area contributed by atoms with E-state index in [1.807, 2.05) is 6.07 Å². The summed E-state index contributed by atoms with van der Waals surface area (Å²) in [7, 11) is 0. The van der Waals surface area contributed by atoms with Crippen molar-refractivity contribution in [2.24, 2.45) is 15.2 Å². The third-order valence-electron chi connectivity index (χ3n) is 3.57. The molecule has 1 aliphatic rings. The van der Waals surface area contributed by atoms with Crippen molar-refractivity contribution in [2.45, 2.75) is 0 Å². The molecular formula is C16H12ClN5O3. The molecule has 25 heavy (non-hydrogen) atoms. The maximum atomic E-state index is 11.1. The number of nitroso groups, excluding NO2 is 1. The smallest absolute Gasteiger partial charge is 0.270 e. The fourth-order valence-electron chi connectivity index (χ4n) is 2.45. The second-order valence-corrected chi connectivity index (χ2v) is 5.53. The zero-order valence-corrected chi connectivity index (χ0v) is 13.6. The Bertz CT molecular complexity index is 910. The minimum atomic E-state index is -0.478. The van der Waals surface area contributed by atoms with Gasteiger partial charge in [0.15, 0.2) is 6.67 Å². The van der Waals surface area contributed by atoms with Crippen molar-refractivity contribution in [1.82, 2.24) is 5.32 Å². The van der Waals surface area contributed by atoms with Crippen molar-refractivity contribution in [3.8, 4) is 0 Å². The van der Waals surface area contributed by atoms with Gasteiger partial charge < -0.3 is 5.32 Å². The first-order valence-corrected chi connectivity index (χ1v) is 7.66. The van der Waals surface area contributed by atoms with E-state index < -0.39 is 4.92 Å². The molecule has 0 bridgehead atoms. The molecule has 0 saturated heterocycles. The van der Waals surface area contributed by atoms with Gasteiger partial charge in [0.25, 0.3) is 5.69 Å². The number of halogens is 1. The number of hydrogen-bond acceptors (Lipinski definition) is 7. The summed E-state index contributed by atoms with van der Waals surface area (Å²) in [4.78, 5) is 29.9. The van der Waals surface area contributed by atoms with Crippen LogP contribution in [-0.2, 0) is 0 Å². The standard InChI is InChI=1S/C16H12ClN5O3/c17-13-4-2-1-3-11(13)16-12-7-10(22(24)25)5-6-14(12)21-15(8-18-16)19-9-20-23/h1-7H,8-9H2,(H,19,21). The molecule has 1 N–H and O–H groups in total. The lowest BCUT2D eigenvalue weighted by molar-refractivity contribution is -0.384. The summed E-state index contributed by atoms with van der Waals surface area (Å²) in [6, 6.07) is 11.4. The van der Waals surface area contributed by atoms with E-state index in [1.54, 1.807) is 24.3 Å². The fourth-order valence-corrected chi connectivity index (χ4v) is 2.67. The van der Waals surface area contributed by atoms with Crippen LogP contribution in [0.4, 0.5) is 11.4 Å². The van der Waals surface area contributed by atoms with E-state index in [1.165, 1.54) is 12.1 Å². The van der Waals surface area contributed by atoms with E-state index in [-0.39, 0.29) is 18.9 Å². The van der Waals surface area contributed by atoms with E-state index >= 15 is 0 Å². The van der Waals surface area contributed by atoms with Crippen molar-refractivity contribution >= 4 is 34.5 Å². The van der Waals surface area contributed by atoms with Crippen molar-refractivity contribution in [3.05, 3.63) is 73.6 Å². The summed E-state index contributed by atoms with van der Waals surface area (Å²) < 4.78 is 0. The number of non-ortho nitro benzene ring substituents is 1. The zero-order valence-electron chi connectivity index (χ0n) is 12.8. The van der Waals surface area contributed by atoms with Crippen LogP contribution >= 0.6 is 11.6 Å². The van der Waals surface area contributed by atoms with Crippen LogP contribution in [0.2, 0.25) is 5.02 Å². The van der Waals surface area contributed by atoms with Gasteiger partial charge in [-0.3, -0.25) is 15.1 Å². The first kappa shape index (κ1) is 16.7. The van der Waals surface area contributed by atoms with Crippen LogP contribution in [0.5, 0.6) is 0 Å². The minimum absolute atomic E-state index is 0.0697. The highest BCUT2D eigenvalue weighted by atomic mass is 35.5. The Kier molecular flexibility index (Phi) is 4.80. The van der Waals surface area contributed by atoms with Crippen LogP contribution in [0.15, 0.2) is 57.6 Å². The molecule has 126 valence electrons. The first-order chi connectivity index (χ1) is 12.1. The molecular weight excluding hydrogens is 346 g/mol. The zero-order chi connectivity index (χ0) is 17.8. The summed E-state index contributed by atoms with van der Waals surface area (Å²) in [6.07, 6.45) is 0. The molecule has 0 atom stereocenters. The van der Waals surface area contributed by atoms with Gasteiger partial charge >= 0.3 is 0 Å². The Morgan fingerprint density at radius 2 is 2.04 bits per heavy atom. The van der Waals surface area contributed by atoms with E-state index in [0.717, 1.165) is 0 Å². The molecule has 0 spiro atoms. The fraction of sp³-hybridized carbons (Fsp3) is 0.125. The lowest BCUT2D eigenvalue weighted by Crippen LogP contribution is -2.25. The van der Waals surface area contributed by atoms with Crippen LogP contribution in [0.25, 0.3) is 0 Å². The molecule has 2 aromatic rings. The van der Waals surface area contributed by atoms with Gasteiger partial charge in [-0.2, -0.15) is 0 Å². The first-order valence-electron chi connectivity index (χ1n) is 7.29. The van der Waals surface area contributed by atoms with Gasteiger partial charge in [0.2, 0.25) is 0 Å². The SMILES string of the molecule is O=NCNC1=Nc2ccc([N+](=O)[O-])cc2C(c2ccccc2Cl)=NC1. The topological polar surface area (TPSA) is 109 Å². The van der Waals surface area contributed by atoms with Gasteiger partial charge in [0.05, 0.1) is 22.9 Å². The molecule has 2 aromatic carbocycles. The Morgan fingerprint density at radius 3 is 2.76 bits per heavy atom. The highest BCUT2D eigenvalue weighted by Crippen LogP contribution is 2.31. The molecule has 0 fully saturated rings. The van der Waals surface area contributed by atoms with E-state index in [2.05, 4.69) is 20.5 Å².